The predicted octanol–water partition coefficient (Wildman–Crippen LogP) is 5.64. The molecule has 0 atom stereocenters. The number of esters is 1. The molecule has 0 aromatic heterocycles. The highest BCUT2D eigenvalue weighted by Crippen LogP contribution is 2.12. The molecular weight excluding hydrogens is 236 g/mol. The second-order valence-corrected chi connectivity index (χ2v) is 5.32. The Balaban J connectivity index is 3.07. The van der Waals surface area contributed by atoms with E-state index in [4.69, 9.17) is 4.11 Å². The lowest BCUT2D eigenvalue weighted by Gasteiger charge is -2.03. The molecule has 0 aliphatic carbocycles. The van der Waals surface area contributed by atoms with Gasteiger partial charge in [-0.25, -0.2) is 0 Å². The molecule has 0 aromatic carbocycles. The van der Waals surface area contributed by atoms with Crippen LogP contribution in [0.2, 0.25) is 0 Å². The van der Waals surface area contributed by atoms with Crippen LogP contribution >= 0.6 is 0 Å². The van der Waals surface area contributed by atoms with Crippen molar-refractivity contribution in [3.63, 3.8) is 0 Å². The molecule has 2 nitrogen and oxygen atoms in total. The maximum absolute atomic E-state index is 10.9. The van der Waals surface area contributed by atoms with Crippen LogP contribution in [0.5, 0.6) is 0 Å². The topological polar surface area (TPSA) is 26.3 Å². The van der Waals surface area contributed by atoms with Crippen LogP contribution in [0.3, 0.4) is 0 Å². The fourth-order valence-corrected chi connectivity index (χ4v) is 2.26. The molecule has 2 heteroatoms. The zero-order valence-corrected chi connectivity index (χ0v) is 12.7. The summed E-state index contributed by atoms with van der Waals surface area (Å²) in [6.07, 6.45) is 14.9. The molecule has 19 heavy (non-hydrogen) atoms. The van der Waals surface area contributed by atoms with E-state index in [1.807, 2.05) is 0 Å². The average Bonchev–Trinajstić information content (AvgIpc) is 2.46. The normalized spacial score (nSPS) is 13.6. The van der Waals surface area contributed by atoms with Crippen molar-refractivity contribution < 1.29 is 13.6 Å². The Bertz CT molecular complexity index is 265. The summed E-state index contributed by atoms with van der Waals surface area (Å²) in [7, 11) is 1.44. The number of carbonyl (C=O) groups excluding carboxylic acids is 1. The molecule has 0 radical (unpaired) electrons. The molecule has 0 amide bonds. The highest BCUT2D eigenvalue weighted by Gasteiger charge is 1.99. The lowest BCUT2D eigenvalue weighted by Crippen LogP contribution is -1.99. The summed E-state index contributed by atoms with van der Waals surface area (Å²) < 4.78 is 26.0. The van der Waals surface area contributed by atoms with Gasteiger partial charge in [0.1, 0.15) is 0 Å². The first-order valence-corrected chi connectivity index (χ1v) is 8.02. The number of hydrogen-bond donors (Lipinski definition) is 0. The van der Waals surface area contributed by atoms with Gasteiger partial charge in [-0.2, -0.15) is 0 Å². The fourth-order valence-electron chi connectivity index (χ4n) is 2.26. The van der Waals surface area contributed by atoms with E-state index in [2.05, 4.69) is 4.74 Å². The molecule has 0 unspecified atom stereocenters. The summed E-state index contributed by atoms with van der Waals surface area (Å²) in [5.41, 5.74) is 0. The zero-order valence-electron chi connectivity index (χ0n) is 15.7. The molecule has 0 fully saturated rings. The fraction of sp³-hybridized carbons (Fsp3) is 0.941. The molecular formula is C17H34O2. The van der Waals surface area contributed by atoms with Crippen molar-refractivity contribution >= 4 is 5.97 Å². The third-order valence-corrected chi connectivity index (χ3v) is 3.54. The van der Waals surface area contributed by atoms with E-state index in [1.165, 1.54) is 58.5 Å². The van der Waals surface area contributed by atoms with E-state index >= 15 is 0 Å². The lowest BCUT2D eigenvalue weighted by molar-refractivity contribution is -0.140. The number of methoxy groups -OCH3 is 1. The van der Waals surface area contributed by atoms with Crippen LogP contribution < -0.4 is 0 Å². The molecule has 114 valence electrons. The van der Waals surface area contributed by atoms with Crippen LogP contribution in [-0.4, -0.2) is 13.1 Å². The lowest BCUT2D eigenvalue weighted by atomic mass is 10.0. The second-order valence-electron chi connectivity index (χ2n) is 5.32. The summed E-state index contributed by atoms with van der Waals surface area (Å²) >= 11 is 0. The summed E-state index contributed by atoms with van der Waals surface area (Å²) in [4.78, 5) is 10.9. The van der Waals surface area contributed by atoms with Gasteiger partial charge >= 0.3 is 5.97 Å². The Hall–Kier alpha value is -0.530. The summed E-state index contributed by atoms with van der Waals surface area (Å²) in [6, 6.07) is 0. The number of hydrogen-bond acceptors (Lipinski definition) is 2. The Labute approximate surface area is 124 Å². The van der Waals surface area contributed by atoms with Gasteiger partial charge in [-0.3, -0.25) is 4.79 Å². The quantitative estimate of drug-likeness (QED) is 0.302. The second kappa shape index (κ2) is 15.5. The minimum atomic E-state index is -1.74. The van der Waals surface area contributed by atoms with Gasteiger partial charge in [0.15, 0.2) is 0 Å². The first-order valence-electron chi connectivity index (χ1n) is 9.52. The Kier molecular flexibility index (Phi) is 11.0. The van der Waals surface area contributed by atoms with Gasteiger partial charge in [0, 0.05) is 10.5 Å². The largest absolute Gasteiger partial charge is 0.469 e. The van der Waals surface area contributed by atoms with E-state index in [9.17, 15) is 4.79 Å². The van der Waals surface area contributed by atoms with Gasteiger partial charge in [0.2, 0.25) is 0 Å². The first-order chi connectivity index (χ1) is 10.5. The van der Waals surface area contributed by atoms with E-state index < -0.39 is 6.85 Å². The molecule has 0 saturated heterocycles. The number of ether oxygens (including phenoxy) is 1. The van der Waals surface area contributed by atoms with Crippen LogP contribution in [0.25, 0.3) is 0 Å². The van der Waals surface area contributed by atoms with Gasteiger partial charge in [0.05, 0.1) is 7.11 Å². The number of unbranched alkanes of at least 4 members (excludes halogenated alkanes) is 11. The third-order valence-electron chi connectivity index (χ3n) is 3.54. The van der Waals surface area contributed by atoms with Crippen LogP contribution in [0, 0.1) is 0 Å². The van der Waals surface area contributed by atoms with E-state index in [-0.39, 0.29) is 5.97 Å². The molecule has 0 aliphatic heterocycles. The van der Waals surface area contributed by atoms with E-state index in [0.717, 1.165) is 25.7 Å². The van der Waals surface area contributed by atoms with Crippen LogP contribution in [-0.2, 0) is 9.53 Å². The van der Waals surface area contributed by atoms with Gasteiger partial charge in [-0.15, -0.1) is 0 Å². The maximum Gasteiger partial charge on any atom is 0.305 e. The van der Waals surface area contributed by atoms with Crippen molar-refractivity contribution in [1.82, 2.24) is 0 Å². The molecule has 0 spiro atoms. The summed E-state index contributed by atoms with van der Waals surface area (Å²) in [6.45, 7) is -1.74. The predicted molar refractivity (Wildman–Crippen MR) is 82.3 cm³/mol. The van der Waals surface area contributed by atoms with Gasteiger partial charge in [-0.1, -0.05) is 83.9 Å². The van der Waals surface area contributed by atoms with Crippen molar-refractivity contribution in [1.29, 1.82) is 0 Å². The van der Waals surface area contributed by atoms with Crippen molar-refractivity contribution in [2.75, 3.05) is 7.11 Å². The van der Waals surface area contributed by atoms with Gasteiger partial charge < -0.3 is 4.74 Å². The minimum absolute atomic E-state index is 0.0983. The van der Waals surface area contributed by atoms with E-state index in [1.54, 1.807) is 0 Å². The Morgan fingerprint density at radius 2 is 1.21 bits per heavy atom. The van der Waals surface area contributed by atoms with Crippen molar-refractivity contribution in [3.05, 3.63) is 0 Å². The minimum Gasteiger partial charge on any atom is -0.469 e. The zero-order chi connectivity index (χ0) is 16.7. The monoisotopic (exact) mass is 273 g/mol. The van der Waals surface area contributed by atoms with Gasteiger partial charge in [0.25, 0.3) is 0 Å². The average molecular weight is 273 g/mol. The molecule has 0 rings (SSSR count). The number of carbonyl (C=O) groups is 1. The van der Waals surface area contributed by atoms with Crippen LogP contribution in [0.1, 0.15) is 101 Å². The Morgan fingerprint density at radius 1 is 0.789 bits per heavy atom. The van der Waals surface area contributed by atoms with Crippen molar-refractivity contribution in [2.45, 2.75) is 96.7 Å². The molecule has 0 N–H and O–H groups in total. The molecule has 0 bridgehead atoms. The summed E-state index contributed by atoms with van der Waals surface area (Å²) in [5.74, 6) is -0.0983. The van der Waals surface area contributed by atoms with Crippen LogP contribution in [0.4, 0.5) is 0 Å². The third kappa shape index (κ3) is 15.4. The first kappa shape index (κ1) is 13.5. The highest BCUT2D eigenvalue weighted by atomic mass is 16.5. The SMILES string of the molecule is [2H]C([2H])([2H])CCCCCCCCCCCCCCC(=O)OC. The maximum atomic E-state index is 10.9. The number of rotatable bonds is 14. The van der Waals surface area contributed by atoms with Crippen molar-refractivity contribution in [2.24, 2.45) is 0 Å². The van der Waals surface area contributed by atoms with Crippen LogP contribution in [0.15, 0.2) is 0 Å². The Morgan fingerprint density at radius 3 is 1.63 bits per heavy atom. The molecule has 0 heterocycles. The standard InChI is InChI=1S/C17H34O2/c1-3-4-5-6-7-8-9-10-11-12-13-14-15-16-17(18)19-2/h3-16H2,1-2H3/i1D3. The molecule has 0 saturated carbocycles. The highest BCUT2D eigenvalue weighted by molar-refractivity contribution is 5.68. The molecule has 0 aliphatic rings. The van der Waals surface area contributed by atoms with E-state index in [0.29, 0.717) is 12.8 Å². The molecule has 0 aromatic rings. The van der Waals surface area contributed by atoms with Crippen molar-refractivity contribution in [3.8, 4) is 0 Å². The summed E-state index contributed by atoms with van der Waals surface area (Å²) in [5, 5.41) is 0. The smallest absolute Gasteiger partial charge is 0.305 e. The van der Waals surface area contributed by atoms with Gasteiger partial charge in [-0.05, 0) is 6.42 Å².